The van der Waals surface area contributed by atoms with Crippen LogP contribution in [0.25, 0.3) is 0 Å². The number of aryl methyl sites for hydroxylation is 1. The van der Waals surface area contributed by atoms with E-state index in [1.165, 1.54) is 17.7 Å². The number of rotatable bonds is 8. The first-order chi connectivity index (χ1) is 8.63. The van der Waals surface area contributed by atoms with Gasteiger partial charge >= 0.3 is 0 Å². The Morgan fingerprint density at radius 2 is 1.78 bits per heavy atom. The Morgan fingerprint density at radius 1 is 1.11 bits per heavy atom. The molecule has 0 heterocycles. The molecule has 0 radical (unpaired) electrons. The fourth-order valence-corrected chi connectivity index (χ4v) is 1.96. The molecule has 0 saturated carbocycles. The topological polar surface area (TPSA) is 15.3 Å². The van der Waals surface area contributed by atoms with Gasteiger partial charge in [0.1, 0.15) is 0 Å². The highest BCUT2D eigenvalue weighted by Crippen LogP contribution is 2.14. The van der Waals surface area contributed by atoms with Crippen molar-refractivity contribution in [3.63, 3.8) is 0 Å². The minimum Gasteiger partial charge on any atom is -0.371 e. The summed E-state index contributed by atoms with van der Waals surface area (Å²) in [5.41, 5.74) is 2.65. The van der Waals surface area contributed by atoms with Crippen molar-refractivity contribution < 1.29 is 0 Å². The van der Waals surface area contributed by atoms with Gasteiger partial charge in [-0.25, -0.2) is 0 Å². The van der Waals surface area contributed by atoms with Gasteiger partial charge in [-0.3, -0.25) is 0 Å². The molecule has 0 saturated heterocycles. The van der Waals surface area contributed by atoms with Crippen molar-refractivity contribution in [1.82, 2.24) is 5.32 Å². The minimum atomic E-state index is 0.789. The van der Waals surface area contributed by atoms with Gasteiger partial charge in [-0.2, -0.15) is 0 Å². The third kappa shape index (κ3) is 5.54. The molecule has 0 aliphatic carbocycles. The fourth-order valence-electron chi connectivity index (χ4n) is 1.96. The zero-order valence-electron chi connectivity index (χ0n) is 12.4. The lowest BCUT2D eigenvalue weighted by Gasteiger charge is -2.23. The summed E-state index contributed by atoms with van der Waals surface area (Å²) in [6, 6.07) is 8.80. The highest BCUT2D eigenvalue weighted by molar-refractivity contribution is 5.47. The second-order valence-electron chi connectivity index (χ2n) is 5.35. The van der Waals surface area contributed by atoms with Crippen molar-refractivity contribution >= 4 is 5.69 Å². The second-order valence-corrected chi connectivity index (χ2v) is 5.35. The second kappa shape index (κ2) is 8.15. The molecule has 2 nitrogen and oxygen atoms in total. The van der Waals surface area contributed by atoms with E-state index in [4.69, 9.17) is 0 Å². The van der Waals surface area contributed by atoms with E-state index in [9.17, 15) is 0 Å². The molecule has 102 valence electrons. The zero-order valence-corrected chi connectivity index (χ0v) is 12.4. The maximum atomic E-state index is 3.52. The molecule has 0 aromatic heterocycles. The maximum absolute atomic E-state index is 3.52. The van der Waals surface area contributed by atoms with Gasteiger partial charge in [-0.15, -0.1) is 0 Å². The molecule has 1 rings (SSSR count). The summed E-state index contributed by atoms with van der Waals surface area (Å²) in [6.07, 6.45) is 1.26. The average Bonchev–Trinajstić information content (AvgIpc) is 2.35. The molecule has 0 atom stereocenters. The SMILES string of the molecule is CCN(CCNCCC(C)C)c1ccc(C)cc1. The molecule has 1 aromatic carbocycles. The Bertz CT molecular complexity index is 316. The maximum Gasteiger partial charge on any atom is 0.0366 e. The molecule has 18 heavy (non-hydrogen) atoms. The van der Waals surface area contributed by atoms with Crippen LogP contribution in [-0.2, 0) is 0 Å². The summed E-state index contributed by atoms with van der Waals surface area (Å²) in [4.78, 5) is 2.42. The number of hydrogen-bond donors (Lipinski definition) is 1. The smallest absolute Gasteiger partial charge is 0.0366 e. The van der Waals surface area contributed by atoms with Crippen LogP contribution in [0.3, 0.4) is 0 Å². The molecule has 0 unspecified atom stereocenters. The summed E-state index contributed by atoms with van der Waals surface area (Å²) in [6.45, 7) is 13.2. The zero-order chi connectivity index (χ0) is 13.4. The van der Waals surface area contributed by atoms with Crippen molar-refractivity contribution in [3.8, 4) is 0 Å². The van der Waals surface area contributed by atoms with Gasteiger partial charge < -0.3 is 10.2 Å². The van der Waals surface area contributed by atoms with E-state index in [-0.39, 0.29) is 0 Å². The molecule has 0 amide bonds. The van der Waals surface area contributed by atoms with Gasteiger partial charge in [0.25, 0.3) is 0 Å². The number of benzene rings is 1. The Labute approximate surface area is 112 Å². The number of anilines is 1. The lowest BCUT2D eigenvalue weighted by molar-refractivity contribution is 0.537. The number of nitrogens with one attached hydrogen (secondary N) is 1. The van der Waals surface area contributed by atoms with Gasteiger partial charge in [-0.1, -0.05) is 31.5 Å². The van der Waals surface area contributed by atoms with Crippen LogP contribution in [-0.4, -0.2) is 26.2 Å². The predicted octanol–water partition coefficient (Wildman–Crippen LogP) is 3.46. The van der Waals surface area contributed by atoms with Crippen LogP contribution in [0.15, 0.2) is 24.3 Å². The molecule has 0 aliphatic rings. The molecule has 2 heteroatoms. The molecular weight excluding hydrogens is 220 g/mol. The van der Waals surface area contributed by atoms with Crippen LogP contribution in [0, 0.1) is 12.8 Å². The van der Waals surface area contributed by atoms with Gasteiger partial charge in [0.2, 0.25) is 0 Å². The van der Waals surface area contributed by atoms with E-state index < -0.39 is 0 Å². The largest absolute Gasteiger partial charge is 0.371 e. The monoisotopic (exact) mass is 248 g/mol. The highest BCUT2D eigenvalue weighted by atomic mass is 15.1. The standard InChI is InChI=1S/C16H28N2/c1-5-18(13-12-17-11-10-14(2)3)16-8-6-15(4)7-9-16/h6-9,14,17H,5,10-13H2,1-4H3. The Kier molecular flexibility index (Phi) is 6.81. The molecule has 1 aromatic rings. The first-order valence-corrected chi connectivity index (χ1v) is 7.15. The summed E-state index contributed by atoms with van der Waals surface area (Å²) >= 11 is 0. The summed E-state index contributed by atoms with van der Waals surface area (Å²) < 4.78 is 0. The van der Waals surface area contributed by atoms with Crippen molar-refractivity contribution in [2.75, 3.05) is 31.1 Å². The van der Waals surface area contributed by atoms with Crippen LogP contribution in [0.2, 0.25) is 0 Å². The van der Waals surface area contributed by atoms with E-state index in [1.54, 1.807) is 0 Å². The lowest BCUT2D eigenvalue weighted by Crippen LogP contribution is -2.32. The quantitative estimate of drug-likeness (QED) is 0.709. The summed E-state index contributed by atoms with van der Waals surface area (Å²) in [5, 5.41) is 3.52. The van der Waals surface area contributed by atoms with Gasteiger partial charge in [0.05, 0.1) is 0 Å². The molecule has 0 fully saturated rings. The minimum absolute atomic E-state index is 0.789. The third-order valence-corrected chi connectivity index (χ3v) is 3.24. The van der Waals surface area contributed by atoms with E-state index in [2.05, 4.69) is 62.2 Å². The molecule has 0 aliphatic heterocycles. The first kappa shape index (κ1) is 15.0. The van der Waals surface area contributed by atoms with Gasteiger partial charge in [-0.05, 0) is 44.9 Å². The molecule has 0 bridgehead atoms. The summed E-state index contributed by atoms with van der Waals surface area (Å²) in [7, 11) is 0. The van der Waals surface area contributed by atoms with Gasteiger partial charge in [0.15, 0.2) is 0 Å². The van der Waals surface area contributed by atoms with Crippen molar-refractivity contribution in [3.05, 3.63) is 29.8 Å². The van der Waals surface area contributed by atoms with Crippen LogP contribution in [0.1, 0.15) is 32.8 Å². The van der Waals surface area contributed by atoms with E-state index in [0.717, 1.165) is 32.1 Å². The molecular formula is C16H28N2. The molecule has 1 N–H and O–H groups in total. The van der Waals surface area contributed by atoms with Crippen molar-refractivity contribution in [2.24, 2.45) is 5.92 Å². The Morgan fingerprint density at radius 3 is 2.33 bits per heavy atom. The van der Waals surface area contributed by atoms with Crippen LogP contribution in [0.4, 0.5) is 5.69 Å². The lowest BCUT2D eigenvalue weighted by atomic mass is 10.1. The normalized spacial score (nSPS) is 10.9. The number of nitrogens with zero attached hydrogens (tertiary/aromatic N) is 1. The van der Waals surface area contributed by atoms with E-state index >= 15 is 0 Å². The average molecular weight is 248 g/mol. The first-order valence-electron chi connectivity index (χ1n) is 7.15. The van der Waals surface area contributed by atoms with Crippen LogP contribution >= 0.6 is 0 Å². The molecule has 0 spiro atoms. The van der Waals surface area contributed by atoms with Crippen LogP contribution in [0.5, 0.6) is 0 Å². The van der Waals surface area contributed by atoms with Crippen LogP contribution < -0.4 is 10.2 Å². The fraction of sp³-hybridized carbons (Fsp3) is 0.625. The number of hydrogen-bond acceptors (Lipinski definition) is 2. The van der Waals surface area contributed by atoms with Crippen molar-refractivity contribution in [1.29, 1.82) is 0 Å². The van der Waals surface area contributed by atoms with E-state index in [1.807, 2.05) is 0 Å². The van der Waals surface area contributed by atoms with Crippen molar-refractivity contribution in [2.45, 2.75) is 34.1 Å². The number of likely N-dealkylation sites (N-methyl/N-ethyl adjacent to an activating group) is 1. The highest BCUT2D eigenvalue weighted by Gasteiger charge is 2.03. The van der Waals surface area contributed by atoms with Gasteiger partial charge in [0, 0.05) is 25.3 Å². The summed E-state index contributed by atoms with van der Waals surface area (Å²) in [5.74, 6) is 0.789. The Balaban J connectivity index is 2.31. The predicted molar refractivity (Wildman–Crippen MR) is 81.4 cm³/mol. The third-order valence-electron chi connectivity index (χ3n) is 3.24. The van der Waals surface area contributed by atoms with E-state index in [0.29, 0.717) is 0 Å². The Hall–Kier alpha value is -1.02.